The summed E-state index contributed by atoms with van der Waals surface area (Å²) in [6.07, 6.45) is 1.84. The van der Waals surface area contributed by atoms with Gasteiger partial charge in [-0.25, -0.2) is 0 Å². The van der Waals surface area contributed by atoms with Crippen molar-refractivity contribution in [1.29, 1.82) is 0 Å². The lowest BCUT2D eigenvalue weighted by atomic mass is 10.3. The number of rotatable bonds is 0. The van der Waals surface area contributed by atoms with E-state index in [1.165, 1.54) is 5.56 Å². The number of aryl methyl sites for hydroxylation is 1. The molecule has 0 aromatic carbocycles. The number of halogens is 1. The van der Waals surface area contributed by atoms with Gasteiger partial charge in [0.2, 0.25) is 0 Å². The second-order valence-electron chi connectivity index (χ2n) is 1.90. The third-order valence-electron chi connectivity index (χ3n) is 1.35. The van der Waals surface area contributed by atoms with Crippen molar-refractivity contribution in [3.8, 4) is 0 Å². The van der Waals surface area contributed by atoms with E-state index in [0.29, 0.717) is 0 Å². The van der Waals surface area contributed by atoms with Gasteiger partial charge in [0.1, 0.15) is 0 Å². The van der Waals surface area contributed by atoms with Crippen molar-refractivity contribution < 1.29 is 0 Å². The molecule has 0 saturated heterocycles. The summed E-state index contributed by atoms with van der Waals surface area (Å²) in [5.41, 5.74) is 2.35. The molecule has 1 rings (SSSR count). The Morgan fingerprint density at radius 1 is 1.50 bits per heavy atom. The highest BCUT2D eigenvalue weighted by Gasteiger charge is 1.94. The van der Waals surface area contributed by atoms with E-state index in [2.05, 4.69) is 0 Å². The summed E-state index contributed by atoms with van der Waals surface area (Å²) in [5, 5.41) is 0. The molecule has 0 atom stereocenters. The lowest BCUT2D eigenvalue weighted by Crippen LogP contribution is -1.79. The zero-order valence-electron chi connectivity index (χ0n) is 4.98. The molecule has 1 aromatic heterocycles. The highest BCUT2D eigenvalue weighted by atomic mass is 35.5. The molecular weight excluding hydrogens is 122 g/mol. The van der Waals surface area contributed by atoms with Crippen molar-refractivity contribution in [1.82, 2.24) is 4.09 Å². The highest BCUT2D eigenvalue weighted by molar-refractivity contribution is 6.15. The maximum Gasteiger partial charge on any atom is 0.0347 e. The van der Waals surface area contributed by atoms with E-state index in [4.69, 9.17) is 11.8 Å². The first-order valence-corrected chi connectivity index (χ1v) is 2.86. The van der Waals surface area contributed by atoms with Gasteiger partial charge in [-0.15, -0.1) is 0 Å². The SMILES string of the molecule is Cc1ccn(Cl)c1C. The van der Waals surface area contributed by atoms with Gasteiger partial charge < -0.3 is 0 Å². The number of hydrogen-bond acceptors (Lipinski definition) is 0. The fourth-order valence-corrected chi connectivity index (χ4v) is 0.768. The first-order chi connectivity index (χ1) is 3.72. The molecule has 0 spiro atoms. The van der Waals surface area contributed by atoms with Crippen LogP contribution in [0.15, 0.2) is 12.3 Å². The van der Waals surface area contributed by atoms with Gasteiger partial charge in [-0.1, -0.05) is 0 Å². The van der Waals surface area contributed by atoms with Gasteiger partial charge in [-0.3, -0.25) is 4.09 Å². The average molecular weight is 130 g/mol. The lowest BCUT2D eigenvalue weighted by Gasteiger charge is -1.90. The summed E-state index contributed by atoms with van der Waals surface area (Å²) in [7, 11) is 0. The van der Waals surface area contributed by atoms with E-state index >= 15 is 0 Å². The predicted octanol–water partition coefficient (Wildman–Crippen LogP) is 2.11. The van der Waals surface area contributed by atoms with Gasteiger partial charge >= 0.3 is 0 Å². The summed E-state index contributed by atoms with van der Waals surface area (Å²) in [4.78, 5) is 0. The zero-order chi connectivity index (χ0) is 6.15. The lowest BCUT2D eigenvalue weighted by molar-refractivity contribution is 1.14. The first kappa shape index (κ1) is 5.70. The summed E-state index contributed by atoms with van der Waals surface area (Å²) < 4.78 is 1.59. The Bertz CT molecular complexity index is 171. The van der Waals surface area contributed by atoms with Crippen molar-refractivity contribution in [2.24, 2.45) is 0 Å². The molecule has 0 aliphatic carbocycles. The Kier molecular flexibility index (Phi) is 1.30. The van der Waals surface area contributed by atoms with Crippen LogP contribution < -0.4 is 0 Å². The molecule has 8 heavy (non-hydrogen) atoms. The minimum atomic E-state index is 1.12. The van der Waals surface area contributed by atoms with Gasteiger partial charge in [0, 0.05) is 23.7 Å². The quantitative estimate of drug-likeness (QED) is 0.506. The van der Waals surface area contributed by atoms with E-state index in [9.17, 15) is 0 Å². The minimum absolute atomic E-state index is 1.12. The van der Waals surface area contributed by atoms with Gasteiger partial charge in [0.25, 0.3) is 0 Å². The van der Waals surface area contributed by atoms with Crippen LogP contribution >= 0.6 is 11.8 Å². The van der Waals surface area contributed by atoms with Crippen LogP contribution in [0.1, 0.15) is 11.3 Å². The maximum absolute atomic E-state index is 5.65. The van der Waals surface area contributed by atoms with E-state index in [1.54, 1.807) is 4.09 Å². The van der Waals surface area contributed by atoms with Crippen molar-refractivity contribution in [3.63, 3.8) is 0 Å². The van der Waals surface area contributed by atoms with Crippen LogP contribution in [-0.4, -0.2) is 4.09 Å². The second kappa shape index (κ2) is 1.82. The number of hydrogen-bond donors (Lipinski definition) is 0. The van der Waals surface area contributed by atoms with Crippen molar-refractivity contribution in [2.75, 3.05) is 0 Å². The highest BCUT2D eigenvalue weighted by Crippen LogP contribution is 2.07. The average Bonchev–Trinajstić information content (AvgIpc) is 1.98. The van der Waals surface area contributed by atoms with E-state index in [-0.39, 0.29) is 0 Å². The van der Waals surface area contributed by atoms with Crippen LogP contribution in [0.4, 0.5) is 0 Å². The van der Waals surface area contributed by atoms with Crippen LogP contribution in [0.5, 0.6) is 0 Å². The van der Waals surface area contributed by atoms with Crippen molar-refractivity contribution in [3.05, 3.63) is 23.5 Å². The Balaban J connectivity index is 3.19. The van der Waals surface area contributed by atoms with E-state index < -0.39 is 0 Å². The van der Waals surface area contributed by atoms with Crippen LogP contribution in [0.2, 0.25) is 0 Å². The van der Waals surface area contributed by atoms with Crippen molar-refractivity contribution in [2.45, 2.75) is 13.8 Å². The maximum atomic E-state index is 5.65. The van der Waals surface area contributed by atoms with Gasteiger partial charge in [0.05, 0.1) is 0 Å². The number of aromatic nitrogens is 1. The summed E-state index contributed by atoms with van der Waals surface area (Å²) in [6.45, 7) is 4.02. The fourth-order valence-electron chi connectivity index (χ4n) is 0.578. The minimum Gasteiger partial charge on any atom is -0.265 e. The van der Waals surface area contributed by atoms with Crippen LogP contribution in [0.25, 0.3) is 0 Å². The summed E-state index contributed by atoms with van der Waals surface area (Å²) in [5.74, 6) is 0. The molecule has 0 bridgehead atoms. The van der Waals surface area contributed by atoms with E-state index in [1.807, 2.05) is 26.1 Å². The zero-order valence-corrected chi connectivity index (χ0v) is 5.74. The predicted molar refractivity (Wildman–Crippen MR) is 35.2 cm³/mol. The molecule has 0 amide bonds. The molecule has 1 aromatic rings. The van der Waals surface area contributed by atoms with E-state index in [0.717, 1.165) is 5.69 Å². The molecule has 0 aliphatic heterocycles. The molecule has 1 heterocycles. The molecule has 0 saturated carbocycles. The Morgan fingerprint density at radius 2 is 2.12 bits per heavy atom. The molecule has 0 aliphatic rings. The third-order valence-corrected chi connectivity index (χ3v) is 1.71. The van der Waals surface area contributed by atoms with Crippen LogP contribution in [0, 0.1) is 13.8 Å². The molecule has 0 unspecified atom stereocenters. The Labute approximate surface area is 54.0 Å². The largest absolute Gasteiger partial charge is 0.265 e. The van der Waals surface area contributed by atoms with Gasteiger partial charge in [-0.2, -0.15) is 0 Å². The van der Waals surface area contributed by atoms with Gasteiger partial charge in [-0.05, 0) is 25.5 Å². The molecule has 0 radical (unpaired) electrons. The first-order valence-electron chi connectivity index (χ1n) is 2.52. The third kappa shape index (κ3) is 0.736. The molecule has 44 valence electrons. The standard InChI is InChI=1S/C6H8ClN/c1-5-3-4-8(7)6(5)2/h3-4H,1-2H3. The van der Waals surface area contributed by atoms with Crippen molar-refractivity contribution >= 4 is 11.8 Å². The fraction of sp³-hybridized carbons (Fsp3) is 0.333. The Hall–Kier alpha value is -0.430. The molecule has 1 nitrogen and oxygen atoms in total. The topological polar surface area (TPSA) is 4.93 Å². The monoisotopic (exact) mass is 129 g/mol. The molecule has 0 fully saturated rings. The van der Waals surface area contributed by atoms with Gasteiger partial charge in [0.15, 0.2) is 0 Å². The number of nitrogens with zero attached hydrogens (tertiary/aromatic N) is 1. The molecular formula is C6H8ClN. The normalized spacial score (nSPS) is 9.88. The Morgan fingerprint density at radius 3 is 2.25 bits per heavy atom. The summed E-state index contributed by atoms with van der Waals surface area (Å²) >= 11 is 5.65. The summed E-state index contributed by atoms with van der Waals surface area (Å²) in [6, 6.07) is 1.99. The molecule has 0 N–H and O–H groups in total. The smallest absolute Gasteiger partial charge is 0.0347 e. The second-order valence-corrected chi connectivity index (χ2v) is 2.26. The van der Waals surface area contributed by atoms with Crippen LogP contribution in [0.3, 0.4) is 0 Å². The van der Waals surface area contributed by atoms with Crippen LogP contribution in [-0.2, 0) is 0 Å². The molecule has 2 heteroatoms.